The molecule has 0 aromatic heterocycles. The first kappa shape index (κ1) is 26.9. The summed E-state index contributed by atoms with van der Waals surface area (Å²) in [4.78, 5) is 7.04. The number of alkyl halides is 2. The van der Waals surface area contributed by atoms with Crippen molar-refractivity contribution in [1.82, 2.24) is 10.6 Å². The Morgan fingerprint density at radius 3 is 2.55 bits per heavy atom. The molecule has 0 bridgehead atoms. The molecule has 33 heavy (non-hydrogen) atoms. The van der Waals surface area contributed by atoms with Crippen LogP contribution in [0.4, 0.5) is 14.5 Å². The van der Waals surface area contributed by atoms with E-state index in [-0.39, 0.29) is 41.5 Å². The highest BCUT2D eigenvalue weighted by molar-refractivity contribution is 14.0. The number of hydrogen-bond acceptors (Lipinski definition) is 4. The number of nitrogens with one attached hydrogen (secondary N) is 2. The molecule has 1 aliphatic rings. The van der Waals surface area contributed by atoms with Gasteiger partial charge in [-0.15, -0.1) is 24.0 Å². The van der Waals surface area contributed by atoms with E-state index in [2.05, 4.69) is 56.5 Å². The molecule has 0 radical (unpaired) electrons. The van der Waals surface area contributed by atoms with Gasteiger partial charge in [0, 0.05) is 25.3 Å². The van der Waals surface area contributed by atoms with Crippen LogP contribution in [0.2, 0.25) is 0 Å². The van der Waals surface area contributed by atoms with Crippen molar-refractivity contribution in [3.05, 3.63) is 53.6 Å². The zero-order chi connectivity index (χ0) is 22.9. The molecule has 2 aromatic carbocycles. The number of anilines is 1. The Bertz CT molecular complexity index is 908. The summed E-state index contributed by atoms with van der Waals surface area (Å²) in [7, 11) is 1.42. The lowest BCUT2D eigenvalue weighted by Gasteiger charge is -2.22. The first-order valence-electron chi connectivity index (χ1n) is 11.0. The number of halogens is 3. The van der Waals surface area contributed by atoms with Crippen LogP contribution in [0, 0.1) is 0 Å². The van der Waals surface area contributed by atoms with Crippen LogP contribution in [-0.2, 0) is 6.54 Å². The fraction of sp³-hybridized carbons (Fsp3) is 0.458. The molecule has 9 heteroatoms. The second-order valence-corrected chi connectivity index (χ2v) is 7.71. The van der Waals surface area contributed by atoms with Gasteiger partial charge in [-0.25, -0.2) is 4.99 Å². The minimum Gasteiger partial charge on any atom is -0.493 e. The van der Waals surface area contributed by atoms with Gasteiger partial charge in [0.15, 0.2) is 17.5 Å². The van der Waals surface area contributed by atoms with Crippen molar-refractivity contribution in [2.24, 2.45) is 4.99 Å². The Morgan fingerprint density at radius 1 is 1.12 bits per heavy atom. The van der Waals surface area contributed by atoms with Gasteiger partial charge < -0.3 is 25.0 Å². The van der Waals surface area contributed by atoms with E-state index >= 15 is 0 Å². The fourth-order valence-corrected chi connectivity index (χ4v) is 3.75. The average Bonchev–Trinajstić information content (AvgIpc) is 3.32. The highest BCUT2D eigenvalue weighted by Crippen LogP contribution is 2.30. The van der Waals surface area contributed by atoms with Crippen molar-refractivity contribution in [3.63, 3.8) is 0 Å². The van der Waals surface area contributed by atoms with Gasteiger partial charge in [-0.1, -0.05) is 18.2 Å². The second kappa shape index (κ2) is 13.4. The Morgan fingerprint density at radius 2 is 1.88 bits per heavy atom. The Kier molecular flexibility index (Phi) is 11.0. The van der Waals surface area contributed by atoms with E-state index in [9.17, 15) is 8.78 Å². The maximum Gasteiger partial charge on any atom is 0.387 e. The Labute approximate surface area is 211 Å². The van der Waals surface area contributed by atoms with Gasteiger partial charge in [0.1, 0.15) is 0 Å². The summed E-state index contributed by atoms with van der Waals surface area (Å²) in [6.45, 7) is 4.39. The summed E-state index contributed by atoms with van der Waals surface area (Å²) in [5.74, 6) is 0.911. The van der Waals surface area contributed by atoms with E-state index in [0.717, 1.165) is 18.7 Å². The monoisotopic (exact) mass is 574 g/mol. The molecule has 182 valence electrons. The van der Waals surface area contributed by atoms with Crippen LogP contribution in [0.1, 0.15) is 43.9 Å². The largest absolute Gasteiger partial charge is 0.493 e. The Hall–Kier alpha value is -2.30. The minimum absolute atomic E-state index is 0. The van der Waals surface area contributed by atoms with Gasteiger partial charge in [0.2, 0.25) is 0 Å². The topological polar surface area (TPSA) is 58.1 Å². The van der Waals surface area contributed by atoms with Crippen molar-refractivity contribution >= 4 is 35.6 Å². The molecule has 1 atom stereocenters. The predicted molar refractivity (Wildman–Crippen MR) is 139 cm³/mol. The Balaban J connectivity index is 0.00000385. The smallest absolute Gasteiger partial charge is 0.387 e. The number of hydrogen-bond donors (Lipinski definition) is 2. The summed E-state index contributed by atoms with van der Waals surface area (Å²) in [5, 5.41) is 6.68. The van der Waals surface area contributed by atoms with Crippen molar-refractivity contribution in [2.75, 3.05) is 31.6 Å². The third kappa shape index (κ3) is 7.90. The van der Waals surface area contributed by atoms with Crippen molar-refractivity contribution in [3.8, 4) is 11.5 Å². The van der Waals surface area contributed by atoms with E-state index in [1.165, 1.54) is 37.3 Å². The molecule has 2 aromatic rings. The van der Waals surface area contributed by atoms with Crippen LogP contribution < -0.4 is 25.0 Å². The molecule has 1 aliphatic heterocycles. The molecule has 0 aliphatic carbocycles. The number of benzene rings is 2. The molecule has 0 spiro atoms. The number of aliphatic imine (C=N–C) groups is 1. The lowest BCUT2D eigenvalue weighted by atomic mass is 10.1. The summed E-state index contributed by atoms with van der Waals surface area (Å²) >= 11 is 0. The molecule has 1 fully saturated rings. The molecule has 0 saturated carbocycles. The molecule has 0 amide bonds. The van der Waals surface area contributed by atoms with Gasteiger partial charge >= 0.3 is 6.61 Å². The van der Waals surface area contributed by atoms with Gasteiger partial charge in [-0.05, 0) is 62.1 Å². The SMILES string of the molecule is CCNC(=NCc1ccc(OC)c(OC(F)F)c1)NC(C)c1cccc(N2CCCC2)c1.I. The van der Waals surface area contributed by atoms with E-state index in [1.54, 1.807) is 12.1 Å². The summed E-state index contributed by atoms with van der Waals surface area (Å²) < 4.78 is 35.0. The molecule has 1 unspecified atom stereocenters. The first-order valence-corrected chi connectivity index (χ1v) is 11.0. The van der Waals surface area contributed by atoms with Crippen molar-refractivity contribution in [1.29, 1.82) is 0 Å². The zero-order valence-electron chi connectivity index (χ0n) is 19.3. The van der Waals surface area contributed by atoms with Crippen LogP contribution in [0.5, 0.6) is 11.5 Å². The summed E-state index contributed by atoms with van der Waals surface area (Å²) in [5.41, 5.74) is 3.17. The van der Waals surface area contributed by atoms with Crippen LogP contribution in [-0.4, -0.2) is 39.3 Å². The number of guanidine groups is 1. The van der Waals surface area contributed by atoms with E-state index < -0.39 is 6.61 Å². The quantitative estimate of drug-likeness (QED) is 0.241. The average molecular weight is 574 g/mol. The third-order valence-electron chi connectivity index (χ3n) is 5.40. The molecule has 1 heterocycles. The number of ether oxygens (including phenoxy) is 2. The van der Waals surface area contributed by atoms with E-state index in [1.807, 2.05) is 6.92 Å². The summed E-state index contributed by atoms with van der Waals surface area (Å²) in [6.07, 6.45) is 2.48. The first-order chi connectivity index (χ1) is 15.5. The van der Waals surface area contributed by atoms with Gasteiger partial charge in [0.05, 0.1) is 19.7 Å². The van der Waals surface area contributed by atoms with Gasteiger partial charge in [0.25, 0.3) is 0 Å². The number of nitrogens with zero attached hydrogens (tertiary/aromatic N) is 2. The zero-order valence-corrected chi connectivity index (χ0v) is 21.6. The number of methoxy groups -OCH3 is 1. The van der Waals surface area contributed by atoms with E-state index in [4.69, 9.17) is 4.74 Å². The van der Waals surface area contributed by atoms with Crippen molar-refractivity contribution in [2.45, 2.75) is 45.9 Å². The lowest BCUT2D eigenvalue weighted by molar-refractivity contribution is -0.0512. The maximum absolute atomic E-state index is 12.7. The molecule has 2 N–H and O–H groups in total. The number of rotatable bonds is 9. The van der Waals surface area contributed by atoms with Crippen LogP contribution in [0.25, 0.3) is 0 Å². The maximum atomic E-state index is 12.7. The minimum atomic E-state index is -2.92. The van der Waals surface area contributed by atoms with Crippen LogP contribution in [0.3, 0.4) is 0 Å². The standard InChI is InChI=1S/C24H32F2N4O2.HI/c1-4-27-24(28-16-18-10-11-21(31-3)22(14-18)32-23(25)26)29-17(2)19-8-7-9-20(15-19)30-12-5-6-13-30;/h7-11,14-15,17,23H,4-6,12-13,16H2,1-3H3,(H2,27,28,29);1H. The van der Waals surface area contributed by atoms with Crippen LogP contribution >= 0.6 is 24.0 Å². The molecule has 3 rings (SSSR count). The molecular weight excluding hydrogens is 541 g/mol. The molecular formula is C24H33F2IN4O2. The normalized spacial score (nSPS) is 14.6. The highest BCUT2D eigenvalue weighted by Gasteiger charge is 2.15. The van der Waals surface area contributed by atoms with Gasteiger partial charge in [-0.3, -0.25) is 0 Å². The third-order valence-corrected chi connectivity index (χ3v) is 5.40. The highest BCUT2D eigenvalue weighted by atomic mass is 127. The van der Waals surface area contributed by atoms with E-state index in [0.29, 0.717) is 19.0 Å². The van der Waals surface area contributed by atoms with Crippen molar-refractivity contribution < 1.29 is 18.3 Å². The van der Waals surface area contributed by atoms with Crippen LogP contribution in [0.15, 0.2) is 47.5 Å². The second-order valence-electron chi connectivity index (χ2n) is 7.71. The molecule has 1 saturated heterocycles. The molecule has 6 nitrogen and oxygen atoms in total. The summed E-state index contributed by atoms with van der Waals surface area (Å²) in [6, 6.07) is 13.5. The van der Waals surface area contributed by atoms with Gasteiger partial charge in [-0.2, -0.15) is 8.78 Å². The predicted octanol–water partition coefficient (Wildman–Crippen LogP) is 5.33. The lowest BCUT2D eigenvalue weighted by Crippen LogP contribution is -2.38. The fourth-order valence-electron chi connectivity index (χ4n) is 3.75.